The first-order chi connectivity index (χ1) is 19.3. The number of halogens is 2. The molecule has 1 amide bonds. The Morgan fingerprint density at radius 1 is 0.900 bits per heavy atom. The van der Waals surface area contributed by atoms with Gasteiger partial charge in [0.2, 0.25) is 0 Å². The lowest BCUT2D eigenvalue weighted by molar-refractivity contribution is 0.0342. The van der Waals surface area contributed by atoms with Gasteiger partial charge >= 0.3 is 0 Å². The number of likely N-dealkylation sites (N-methyl/N-ethyl adjacent to an activating group) is 1. The lowest BCUT2D eigenvalue weighted by atomic mass is 10.00. The van der Waals surface area contributed by atoms with E-state index >= 15 is 4.39 Å². The third kappa shape index (κ3) is 6.52. The molecule has 0 aromatic heterocycles. The van der Waals surface area contributed by atoms with Gasteiger partial charge in [-0.25, -0.2) is 8.78 Å². The predicted octanol–water partition coefficient (Wildman–Crippen LogP) is 5.48. The Morgan fingerprint density at radius 3 is 2.40 bits per heavy atom. The van der Waals surface area contributed by atoms with Crippen LogP contribution in [0, 0.1) is 25.5 Å². The van der Waals surface area contributed by atoms with Crippen LogP contribution in [0.3, 0.4) is 0 Å². The van der Waals surface area contributed by atoms with Crippen LogP contribution < -0.4 is 10.2 Å². The zero-order valence-corrected chi connectivity index (χ0v) is 23.6. The Morgan fingerprint density at radius 2 is 1.65 bits per heavy atom. The normalized spacial score (nSPS) is 17.1. The van der Waals surface area contributed by atoms with E-state index in [2.05, 4.69) is 27.1 Å². The van der Waals surface area contributed by atoms with Crippen molar-refractivity contribution < 1.29 is 18.3 Å². The van der Waals surface area contributed by atoms with Gasteiger partial charge in [-0.15, -0.1) is 0 Å². The third-order valence-electron chi connectivity index (χ3n) is 7.86. The van der Waals surface area contributed by atoms with Crippen LogP contribution in [-0.2, 0) is 11.3 Å². The number of ether oxygens (including phenoxy) is 1. The maximum absolute atomic E-state index is 15.2. The SMILES string of the molecule is Cc1cc(C(=O)Nc2cc(-c3cc(CN4CCOCC4)ccc3F)ccc2N2CCCN(C)CC2)cc(C)c1F. The van der Waals surface area contributed by atoms with Crippen LogP contribution in [0.1, 0.15) is 33.5 Å². The molecule has 5 rings (SSSR count). The van der Waals surface area contributed by atoms with Crippen molar-refractivity contribution in [2.45, 2.75) is 26.8 Å². The number of amides is 1. The summed E-state index contributed by atoms with van der Waals surface area (Å²) in [5, 5.41) is 3.08. The summed E-state index contributed by atoms with van der Waals surface area (Å²) < 4.78 is 34.9. The van der Waals surface area contributed by atoms with E-state index in [-0.39, 0.29) is 17.5 Å². The van der Waals surface area contributed by atoms with Gasteiger partial charge in [0, 0.05) is 50.4 Å². The summed E-state index contributed by atoms with van der Waals surface area (Å²) in [5.74, 6) is -0.935. The Kier molecular flexibility index (Phi) is 8.78. The molecule has 212 valence electrons. The first kappa shape index (κ1) is 28.2. The van der Waals surface area contributed by atoms with E-state index in [1.54, 1.807) is 26.0 Å². The lowest BCUT2D eigenvalue weighted by Crippen LogP contribution is -2.35. The van der Waals surface area contributed by atoms with Crippen molar-refractivity contribution in [1.29, 1.82) is 0 Å². The molecule has 1 N–H and O–H groups in total. The van der Waals surface area contributed by atoms with Gasteiger partial charge in [-0.05, 0) is 92.5 Å². The molecule has 0 atom stereocenters. The fraction of sp³-hybridized carbons (Fsp3) is 0.406. The largest absolute Gasteiger partial charge is 0.379 e. The average Bonchev–Trinajstić information content (AvgIpc) is 3.17. The van der Waals surface area contributed by atoms with Crippen molar-refractivity contribution in [2.75, 3.05) is 69.7 Å². The molecule has 2 saturated heterocycles. The minimum Gasteiger partial charge on any atom is -0.379 e. The molecule has 2 heterocycles. The summed E-state index contributed by atoms with van der Waals surface area (Å²) in [5.41, 5.74) is 4.97. The number of hydrogen-bond donors (Lipinski definition) is 1. The molecule has 40 heavy (non-hydrogen) atoms. The van der Waals surface area contributed by atoms with E-state index in [0.29, 0.717) is 46.7 Å². The third-order valence-corrected chi connectivity index (χ3v) is 7.86. The minimum atomic E-state index is -0.321. The highest BCUT2D eigenvalue weighted by Gasteiger charge is 2.20. The maximum Gasteiger partial charge on any atom is 0.255 e. The number of nitrogens with one attached hydrogen (secondary N) is 1. The molecule has 8 heteroatoms. The van der Waals surface area contributed by atoms with E-state index in [1.165, 1.54) is 6.07 Å². The molecule has 0 bridgehead atoms. The van der Waals surface area contributed by atoms with Gasteiger partial charge in [0.25, 0.3) is 5.91 Å². The molecule has 3 aromatic carbocycles. The standard InChI is InChI=1S/C32H38F2N4O2/c1-22-17-26(18-23(2)31(22)34)32(39)35-29-20-25(6-8-30(29)38-10-4-9-36(3)11-12-38)27-19-24(5-7-28(27)33)21-37-13-15-40-16-14-37/h5-8,17-20H,4,9-16,21H2,1-3H3,(H,35,39). The van der Waals surface area contributed by atoms with Crippen LogP contribution in [0.15, 0.2) is 48.5 Å². The molecule has 2 aliphatic heterocycles. The summed E-state index contributed by atoms with van der Waals surface area (Å²) in [7, 11) is 2.11. The lowest BCUT2D eigenvalue weighted by Gasteiger charge is -2.27. The maximum atomic E-state index is 15.2. The van der Waals surface area contributed by atoms with Gasteiger partial charge in [-0.1, -0.05) is 12.1 Å². The predicted molar refractivity (Wildman–Crippen MR) is 156 cm³/mol. The van der Waals surface area contributed by atoms with Crippen molar-refractivity contribution in [1.82, 2.24) is 9.80 Å². The first-order valence-corrected chi connectivity index (χ1v) is 14.0. The van der Waals surface area contributed by atoms with E-state index in [4.69, 9.17) is 4.74 Å². The summed E-state index contributed by atoms with van der Waals surface area (Å²) >= 11 is 0. The Bertz CT molecular complexity index is 1350. The van der Waals surface area contributed by atoms with Crippen LogP contribution in [0.2, 0.25) is 0 Å². The molecule has 0 radical (unpaired) electrons. The molecule has 2 fully saturated rings. The summed E-state index contributed by atoms with van der Waals surface area (Å²) in [6, 6.07) is 14.2. The van der Waals surface area contributed by atoms with Gasteiger partial charge < -0.3 is 19.9 Å². The fourth-order valence-electron chi connectivity index (χ4n) is 5.55. The van der Waals surface area contributed by atoms with Gasteiger partial charge in [0.1, 0.15) is 11.6 Å². The second kappa shape index (κ2) is 12.5. The monoisotopic (exact) mass is 548 g/mol. The molecule has 0 saturated carbocycles. The van der Waals surface area contributed by atoms with Crippen LogP contribution in [0.4, 0.5) is 20.2 Å². The highest BCUT2D eigenvalue weighted by Crippen LogP contribution is 2.34. The second-order valence-corrected chi connectivity index (χ2v) is 11.0. The fourth-order valence-corrected chi connectivity index (χ4v) is 5.55. The number of carbonyl (C=O) groups is 1. The number of nitrogens with zero attached hydrogens (tertiary/aromatic N) is 3. The van der Waals surface area contributed by atoms with E-state index < -0.39 is 0 Å². The molecule has 0 unspecified atom stereocenters. The van der Waals surface area contributed by atoms with Crippen molar-refractivity contribution in [3.8, 4) is 11.1 Å². The van der Waals surface area contributed by atoms with E-state index in [1.807, 2.05) is 30.3 Å². The van der Waals surface area contributed by atoms with Crippen LogP contribution in [0.25, 0.3) is 11.1 Å². The molecule has 2 aliphatic rings. The molecule has 3 aromatic rings. The number of anilines is 2. The van der Waals surface area contributed by atoms with E-state index in [0.717, 1.165) is 63.5 Å². The van der Waals surface area contributed by atoms with Crippen LogP contribution in [0.5, 0.6) is 0 Å². The minimum absolute atomic E-state index is 0.305. The van der Waals surface area contributed by atoms with Gasteiger partial charge in [-0.2, -0.15) is 0 Å². The molecule has 0 spiro atoms. The highest BCUT2D eigenvalue weighted by molar-refractivity contribution is 6.06. The van der Waals surface area contributed by atoms with Gasteiger partial charge in [0.15, 0.2) is 0 Å². The van der Waals surface area contributed by atoms with Crippen LogP contribution in [-0.4, -0.2) is 75.2 Å². The highest BCUT2D eigenvalue weighted by atomic mass is 19.1. The zero-order chi connectivity index (χ0) is 28.2. The zero-order valence-electron chi connectivity index (χ0n) is 23.6. The summed E-state index contributed by atoms with van der Waals surface area (Å²) in [4.78, 5) is 20.3. The van der Waals surface area contributed by atoms with E-state index in [9.17, 15) is 9.18 Å². The summed E-state index contributed by atoms with van der Waals surface area (Å²) in [6.07, 6.45) is 1.00. The van der Waals surface area contributed by atoms with Crippen molar-refractivity contribution >= 4 is 17.3 Å². The average molecular weight is 549 g/mol. The number of morpholine rings is 1. The number of hydrogen-bond acceptors (Lipinski definition) is 5. The Labute approximate surface area is 235 Å². The molecule has 6 nitrogen and oxygen atoms in total. The molecule has 0 aliphatic carbocycles. The molecular formula is C32H38F2N4O2. The number of carbonyl (C=O) groups excluding carboxylic acids is 1. The topological polar surface area (TPSA) is 48.1 Å². The Balaban J connectivity index is 1.49. The van der Waals surface area contributed by atoms with Gasteiger partial charge in [-0.3, -0.25) is 9.69 Å². The van der Waals surface area contributed by atoms with Crippen molar-refractivity contribution in [2.24, 2.45) is 0 Å². The summed E-state index contributed by atoms with van der Waals surface area (Å²) in [6.45, 7) is 10.7. The number of benzene rings is 3. The second-order valence-electron chi connectivity index (χ2n) is 11.0. The smallest absolute Gasteiger partial charge is 0.255 e. The van der Waals surface area contributed by atoms with Crippen molar-refractivity contribution in [3.05, 3.63) is 82.4 Å². The van der Waals surface area contributed by atoms with Crippen LogP contribution >= 0.6 is 0 Å². The van der Waals surface area contributed by atoms with Gasteiger partial charge in [0.05, 0.1) is 24.6 Å². The molecular weight excluding hydrogens is 510 g/mol. The number of rotatable bonds is 6. The first-order valence-electron chi connectivity index (χ1n) is 14.0. The Hall–Kier alpha value is -3.33. The number of aryl methyl sites for hydroxylation is 2. The quantitative estimate of drug-likeness (QED) is 0.443. The van der Waals surface area contributed by atoms with Crippen molar-refractivity contribution in [3.63, 3.8) is 0 Å².